The molecule has 2 aromatic rings. The van der Waals surface area contributed by atoms with Crippen molar-refractivity contribution in [3.05, 3.63) is 40.9 Å². The molecule has 0 fully saturated rings. The van der Waals surface area contributed by atoms with Crippen molar-refractivity contribution in [1.29, 1.82) is 5.41 Å². The summed E-state index contributed by atoms with van der Waals surface area (Å²) in [6, 6.07) is 4.07. The minimum atomic E-state index is 0.302. The summed E-state index contributed by atoms with van der Waals surface area (Å²) in [7, 11) is 0. The molecule has 0 radical (unpaired) electrons. The number of aromatic amines is 1. The number of allylic oxidation sites excluding steroid dienone is 2. The average Bonchev–Trinajstić information content (AvgIpc) is 2.60. The quantitative estimate of drug-likeness (QED) is 0.690. The van der Waals surface area contributed by atoms with Crippen LogP contribution in [-0.4, -0.2) is 15.7 Å². The predicted molar refractivity (Wildman–Crippen MR) is 70.3 cm³/mol. The molecule has 0 saturated heterocycles. The Morgan fingerprint density at radius 2 is 2.00 bits per heavy atom. The van der Waals surface area contributed by atoms with Crippen molar-refractivity contribution in [3.63, 3.8) is 0 Å². The summed E-state index contributed by atoms with van der Waals surface area (Å²) in [6.45, 7) is 5.87. The zero-order valence-electron chi connectivity index (χ0n) is 10.3. The highest BCUT2D eigenvalue weighted by Crippen LogP contribution is 2.17. The molecule has 88 valence electrons. The Morgan fingerprint density at radius 1 is 1.35 bits per heavy atom. The van der Waals surface area contributed by atoms with Crippen molar-refractivity contribution in [2.75, 3.05) is 0 Å². The molecule has 0 atom stereocenters. The Labute approximate surface area is 100 Å². The fourth-order valence-electron chi connectivity index (χ4n) is 1.69. The zero-order valence-corrected chi connectivity index (χ0v) is 10.3. The first-order valence-corrected chi connectivity index (χ1v) is 5.47. The van der Waals surface area contributed by atoms with Gasteiger partial charge in [0.25, 0.3) is 0 Å². The molecule has 4 N–H and O–H groups in total. The first-order valence-electron chi connectivity index (χ1n) is 5.47. The van der Waals surface area contributed by atoms with E-state index in [1.807, 2.05) is 12.1 Å². The third-order valence-electron chi connectivity index (χ3n) is 2.72. The van der Waals surface area contributed by atoms with E-state index < -0.39 is 0 Å². The van der Waals surface area contributed by atoms with Crippen LogP contribution < -0.4 is 5.73 Å². The summed E-state index contributed by atoms with van der Waals surface area (Å²) in [4.78, 5) is 7.52. The number of fused-ring (bicyclic) bond motifs is 1. The van der Waals surface area contributed by atoms with E-state index in [1.54, 1.807) is 13.0 Å². The molecule has 1 heterocycles. The lowest BCUT2D eigenvalue weighted by atomic mass is 10.1. The molecule has 2 rings (SSSR count). The fraction of sp³-hybridized carbons (Fsp3) is 0.231. The molecule has 0 aliphatic rings. The van der Waals surface area contributed by atoms with Crippen molar-refractivity contribution in [1.82, 2.24) is 9.97 Å². The Morgan fingerprint density at radius 3 is 2.65 bits per heavy atom. The van der Waals surface area contributed by atoms with E-state index in [1.165, 1.54) is 11.1 Å². The molecule has 0 spiro atoms. The molecule has 17 heavy (non-hydrogen) atoms. The van der Waals surface area contributed by atoms with Gasteiger partial charge < -0.3 is 10.7 Å². The summed E-state index contributed by atoms with van der Waals surface area (Å²) < 4.78 is 0. The van der Waals surface area contributed by atoms with Crippen LogP contribution >= 0.6 is 0 Å². The smallest absolute Gasteiger partial charge is 0.156 e. The number of hydrogen-bond acceptors (Lipinski definition) is 3. The summed E-state index contributed by atoms with van der Waals surface area (Å²) >= 11 is 0. The van der Waals surface area contributed by atoms with Gasteiger partial charge in [-0.05, 0) is 50.1 Å². The van der Waals surface area contributed by atoms with Gasteiger partial charge in [0.1, 0.15) is 0 Å². The van der Waals surface area contributed by atoms with Crippen LogP contribution in [0.15, 0.2) is 23.9 Å². The molecule has 1 aromatic heterocycles. The second kappa shape index (κ2) is 4.05. The van der Waals surface area contributed by atoms with E-state index in [9.17, 15) is 0 Å². The highest BCUT2D eigenvalue weighted by Gasteiger charge is 2.07. The van der Waals surface area contributed by atoms with Gasteiger partial charge in [-0.2, -0.15) is 0 Å². The lowest BCUT2D eigenvalue weighted by molar-refractivity contribution is 1.25. The standard InChI is InChI=1S/C13H16N4/c1-7-4-11-12(5-8(7)2)17-13(16-11)10(15)6-9(3)14/h4-6,15H,14H2,1-3H3,(H,16,17)/b9-6-,15-10?. The zero-order chi connectivity index (χ0) is 12.6. The molecule has 0 bridgehead atoms. The molecular formula is C13H16N4. The van der Waals surface area contributed by atoms with Crippen molar-refractivity contribution >= 4 is 16.7 Å². The molecular weight excluding hydrogens is 212 g/mol. The number of hydrogen-bond donors (Lipinski definition) is 3. The van der Waals surface area contributed by atoms with Gasteiger partial charge in [-0.1, -0.05) is 0 Å². The van der Waals surface area contributed by atoms with E-state index in [2.05, 4.69) is 23.8 Å². The van der Waals surface area contributed by atoms with Gasteiger partial charge in [0.05, 0.1) is 16.7 Å². The predicted octanol–water partition coefficient (Wildman–Crippen LogP) is 2.41. The van der Waals surface area contributed by atoms with Crippen LogP contribution in [0.25, 0.3) is 11.0 Å². The number of H-pyrrole nitrogens is 1. The first kappa shape index (κ1) is 11.4. The van der Waals surface area contributed by atoms with Gasteiger partial charge >= 0.3 is 0 Å². The van der Waals surface area contributed by atoms with Crippen molar-refractivity contribution in [2.24, 2.45) is 5.73 Å². The summed E-state index contributed by atoms with van der Waals surface area (Å²) in [5.74, 6) is 0.551. The topological polar surface area (TPSA) is 78.6 Å². The number of rotatable bonds is 2. The van der Waals surface area contributed by atoms with Crippen molar-refractivity contribution < 1.29 is 0 Å². The SMILES string of the molecule is C/C(N)=C/C(=N)c1nc2cc(C)c(C)cc2[nH]1. The molecule has 1 aromatic carbocycles. The lowest BCUT2D eigenvalue weighted by Gasteiger charge is -1.97. The number of nitrogens with zero attached hydrogens (tertiary/aromatic N) is 1. The third kappa shape index (κ3) is 2.20. The molecule has 0 unspecified atom stereocenters. The summed E-state index contributed by atoms with van der Waals surface area (Å²) in [5.41, 5.74) is 10.7. The van der Waals surface area contributed by atoms with Crippen LogP contribution in [0.2, 0.25) is 0 Å². The maximum atomic E-state index is 7.85. The van der Waals surface area contributed by atoms with Crippen LogP contribution in [0.1, 0.15) is 23.9 Å². The monoisotopic (exact) mass is 228 g/mol. The second-order valence-corrected chi connectivity index (χ2v) is 4.34. The third-order valence-corrected chi connectivity index (χ3v) is 2.72. The Hall–Kier alpha value is -2.10. The van der Waals surface area contributed by atoms with Gasteiger partial charge in [-0.15, -0.1) is 0 Å². The molecule has 0 aliphatic carbocycles. The molecule has 0 amide bonds. The van der Waals surface area contributed by atoms with Crippen LogP contribution in [0.4, 0.5) is 0 Å². The summed E-state index contributed by atoms with van der Waals surface area (Å²) in [6.07, 6.45) is 1.59. The highest BCUT2D eigenvalue weighted by atomic mass is 14.9. The van der Waals surface area contributed by atoms with Gasteiger partial charge in [-0.25, -0.2) is 4.98 Å². The second-order valence-electron chi connectivity index (χ2n) is 4.34. The van der Waals surface area contributed by atoms with E-state index in [0.717, 1.165) is 11.0 Å². The van der Waals surface area contributed by atoms with E-state index in [-0.39, 0.29) is 0 Å². The minimum absolute atomic E-state index is 0.302. The normalized spacial score (nSPS) is 12.1. The Balaban J connectivity index is 2.52. The number of imidazole rings is 1. The van der Waals surface area contributed by atoms with E-state index >= 15 is 0 Å². The Bertz CT molecular complexity index is 577. The largest absolute Gasteiger partial charge is 0.402 e. The number of benzene rings is 1. The van der Waals surface area contributed by atoms with Gasteiger partial charge in [-0.3, -0.25) is 5.41 Å². The van der Waals surface area contributed by atoms with Crippen LogP contribution in [0.5, 0.6) is 0 Å². The number of aromatic nitrogens is 2. The van der Waals surface area contributed by atoms with Crippen molar-refractivity contribution in [2.45, 2.75) is 20.8 Å². The van der Waals surface area contributed by atoms with Crippen LogP contribution in [0, 0.1) is 19.3 Å². The van der Waals surface area contributed by atoms with E-state index in [4.69, 9.17) is 11.1 Å². The van der Waals surface area contributed by atoms with Gasteiger partial charge in [0, 0.05) is 5.70 Å². The van der Waals surface area contributed by atoms with Crippen molar-refractivity contribution in [3.8, 4) is 0 Å². The van der Waals surface area contributed by atoms with Gasteiger partial charge in [0.15, 0.2) is 5.82 Å². The number of nitrogens with one attached hydrogen (secondary N) is 2. The van der Waals surface area contributed by atoms with Crippen LogP contribution in [-0.2, 0) is 0 Å². The maximum absolute atomic E-state index is 7.85. The first-order chi connectivity index (χ1) is 7.97. The minimum Gasteiger partial charge on any atom is -0.402 e. The van der Waals surface area contributed by atoms with E-state index in [0.29, 0.717) is 17.2 Å². The fourth-order valence-corrected chi connectivity index (χ4v) is 1.69. The Kier molecular flexibility index (Phi) is 2.71. The van der Waals surface area contributed by atoms with Crippen LogP contribution in [0.3, 0.4) is 0 Å². The van der Waals surface area contributed by atoms with Gasteiger partial charge in [0.2, 0.25) is 0 Å². The number of aryl methyl sites for hydroxylation is 2. The lowest BCUT2D eigenvalue weighted by Crippen LogP contribution is -2.01. The molecule has 0 saturated carbocycles. The molecule has 4 heteroatoms. The number of nitrogens with two attached hydrogens (primary N) is 1. The summed E-state index contributed by atoms with van der Waals surface area (Å²) in [5, 5.41) is 7.85. The average molecular weight is 228 g/mol. The highest BCUT2D eigenvalue weighted by molar-refractivity contribution is 6.05. The molecule has 4 nitrogen and oxygen atoms in total. The maximum Gasteiger partial charge on any atom is 0.156 e. The molecule has 0 aliphatic heterocycles.